The molecule has 0 spiro atoms. The first-order valence-corrected chi connectivity index (χ1v) is 6.93. The Kier molecular flexibility index (Phi) is 9.60. The summed E-state index contributed by atoms with van der Waals surface area (Å²) in [4.78, 5) is 8.69. The fraction of sp³-hybridized carbons (Fsp3) is 0.714. The predicted octanol–water partition coefficient (Wildman–Crippen LogP) is 2.29. The second-order valence-corrected chi connectivity index (χ2v) is 5.48. The van der Waals surface area contributed by atoms with Crippen molar-refractivity contribution in [3.63, 3.8) is 0 Å². The van der Waals surface area contributed by atoms with Crippen LogP contribution in [-0.2, 0) is 16.7 Å². The summed E-state index contributed by atoms with van der Waals surface area (Å²) in [5.41, 5.74) is -0.0316. The molecule has 0 bridgehead atoms. The van der Waals surface area contributed by atoms with E-state index in [1.165, 1.54) is 0 Å². The Labute approximate surface area is 144 Å². The molecule has 21 heavy (non-hydrogen) atoms. The van der Waals surface area contributed by atoms with E-state index in [1.54, 1.807) is 13.3 Å². The number of oxazole rings is 1. The number of hydrogen-bond acceptors (Lipinski definition) is 4. The van der Waals surface area contributed by atoms with Gasteiger partial charge in [0, 0.05) is 25.6 Å². The number of hydrogen-bond donors (Lipinski definition) is 2. The Bertz CT molecular complexity index is 427. The van der Waals surface area contributed by atoms with E-state index in [0.29, 0.717) is 25.6 Å². The summed E-state index contributed by atoms with van der Waals surface area (Å²) < 4.78 is 10.7. The van der Waals surface area contributed by atoms with E-state index in [2.05, 4.69) is 41.4 Å². The molecule has 1 rings (SSSR count). The lowest BCUT2D eigenvalue weighted by atomic mass is 9.94. The van der Waals surface area contributed by atoms with E-state index >= 15 is 0 Å². The average Bonchev–Trinajstić information content (AvgIpc) is 2.85. The average molecular weight is 410 g/mol. The van der Waals surface area contributed by atoms with E-state index in [1.807, 2.05) is 6.92 Å². The minimum atomic E-state index is -0.0316. The van der Waals surface area contributed by atoms with Gasteiger partial charge < -0.3 is 19.8 Å². The van der Waals surface area contributed by atoms with Gasteiger partial charge in [-0.1, -0.05) is 20.8 Å². The highest BCUT2D eigenvalue weighted by Crippen LogP contribution is 2.22. The van der Waals surface area contributed by atoms with Crippen molar-refractivity contribution in [3.05, 3.63) is 17.8 Å². The first kappa shape index (κ1) is 20.2. The molecule has 0 fully saturated rings. The molecule has 0 atom stereocenters. The van der Waals surface area contributed by atoms with Gasteiger partial charge in [-0.2, -0.15) is 0 Å². The number of halogens is 1. The zero-order valence-electron chi connectivity index (χ0n) is 13.5. The third kappa shape index (κ3) is 7.66. The standard InChI is InChI=1S/C14H26N4O2.HI/c1-6-15-13(16-7-8-19-5)18-10-12-17-9-11(20-12)14(2,3)4;/h9H,6-8,10H2,1-5H3,(H2,15,16,18);1H. The number of methoxy groups -OCH3 is 1. The SMILES string of the molecule is CCNC(=NCc1ncc(C(C)(C)C)o1)NCCOC.I. The van der Waals surface area contributed by atoms with Gasteiger partial charge in [-0.3, -0.25) is 0 Å². The second kappa shape index (κ2) is 9.99. The second-order valence-electron chi connectivity index (χ2n) is 5.48. The third-order valence-corrected chi connectivity index (χ3v) is 2.61. The van der Waals surface area contributed by atoms with Crippen molar-refractivity contribution in [2.45, 2.75) is 39.7 Å². The monoisotopic (exact) mass is 410 g/mol. The maximum absolute atomic E-state index is 5.70. The van der Waals surface area contributed by atoms with Crippen LogP contribution in [0.1, 0.15) is 39.3 Å². The highest BCUT2D eigenvalue weighted by atomic mass is 127. The fourth-order valence-corrected chi connectivity index (χ4v) is 1.49. The number of ether oxygens (including phenoxy) is 1. The van der Waals surface area contributed by atoms with Crippen LogP contribution in [0.5, 0.6) is 0 Å². The third-order valence-electron chi connectivity index (χ3n) is 2.61. The highest BCUT2D eigenvalue weighted by Gasteiger charge is 2.18. The molecule has 0 radical (unpaired) electrons. The van der Waals surface area contributed by atoms with Crippen LogP contribution in [0.3, 0.4) is 0 Å². The number of nitrogens with zero attached hydrogens (tertiary/aromatic N) is 2. The number of guanidine groups is 1. The molecule has 0 aromatic carbocycles. The van der Waals surface area contributed by atoms with Gasteiger partial charge >= 0.3 is 0 Å². The van der Waals surface area contributed by atoms with E-state index in [9.17, 15) is 0 Å². The van der Waals surface area contributed by atoms with Gasteiger partial charge in [0.2, 0.25) is 5.89 Å². The first-order chi connectivity index (χ1) is 9.47. The molecule has 1 aromatic rings. The molecule has 1 heterocycles. The highest BCUT2D eigenvalue weighted by molar-refractivity contribution is 14.0. The van der Waals surface area contributed by atoms with Crippen LogP contribution in [0.25, 0.3) is 0 Å². The summed E-state index contributed by atoms with van der Waals surface area (Å²) in [6.07, 6.45) is 1.77. The first-order valence-electron chi connectivity index (χ1n) is 6.93. The minimum Gasteiger partial charge on any atom is -0.443 e. The van der Waals surface area contributed by atoms with Gasteiger partial charge in [-0.25, -0.2) is 9.98 Å². The molecular weight excluding hydrogens is 383 g/mol. The maximum Gasteiger partial charge on any atom is 0.216 e. The summed E-state index contributed by atoms with van der Waals surface area (Å²) in [6.45, 7) is 10.9. The van der Waals surface area contributed by atoms with E-state index in [0.717, 1.165) is 18.3 Å². The zero-order valence-corrected chi connectivity index (χ0v) is 15.9. The van der Waals surface area contributed by atoms with Gasteiger partial charge in [-0.05, 0) is 6.92 Å². The smallest absolute Gasteiger partial charge is 0.216 e. The molecule has 6 nitrogen and oxygen atoms in total. The predicted molar refractivity (Wildman–Crippen MR) is 95.3 cm³/mol. The quantitative estimate of drug-likeness (QED) is 0.326. The van der Waals surface area contributed by atoms with Crippen LogP contribution in [0, 0.1) is 0 Å². The van der Waals surface area contributed by atoms with Crippen LogP contribution in [0.4, 0.5) is 0 Å². The molecule has 2 N–H and O–H groups in total. The van der Waals surface area contributed by atoms with Crippen molar-refractivity contribution in [2.75, 3.05) is 26.8 Å². The zero-order chi connectivity index (χ0) is 15.0. The Morgan fingerprint density at radius 3 is 2.62 bits per heavy atom. The summed E-state index contributed by atoms with van der Waals surface area (Å²) in [5.74, 6) is 2.24. The molecule has 0 aliphatic rings. The molecule has 0 saturated heterocycles. The van der Waals surface area contributed by atoms with E-state index in [4.69, 9.17) is 9.15 Å². The van der Waals surface area contributed by atoms with Crippen LogP contribution in [0.2, 0.25) is 0 Å². The van der Waals surface area contributed by atoms with Crippen molar-refractivity contribution in [3.8, 4) is 0 Å². The summed E-state index contributed by atoms with van der Waals surface area (Å²) >= 11 is 0. The molecule has 7 heteroatoms. The lowest BCUT2D eigenvalue weighted by Crippen LogP contribution is -2.38. The van der Waals surface area contributed by atoms with E-state index < -0.39 is 0 Å². The lowest BCUT2D eigenvalue weighted by molar-refractivity contribution is 0.203. The molecule has 0 aliphatic heterocycles. The number of aromatic nitrogens is 1. The molecule has 0 unspecified atom stereocenters. The van der Waals surface area contributed by atoms with Crippen LogP contribution in [-0.4, -0.2) is 37.7 Å². The summed E-state index contributed by atoms with van der Waals surface area (Å²) in [6, 6.07) is 0. The molecular formula is C14H27IN4O2. The normalized spacial score (nSPS) is 12.0. The van der Waals surface area contributed by atoms with Crippen LogP contribution < -0.4 is 10.6 Å². The lowest BCUT2D eigenvalue weighted by Gasteiger charge is -2.13. The number of nitrogens with one attached hydrogen (secondary N) is 2. The topological polar surface area (TPSA) is 71.7 Å². The Balaban J connectivity index is 0.00000400. The van der Waals surface area contributed by atoms with E-state index in [-0.39, 0.29) is 29.4 Å². The Morgan fingerprint density at radius 2 is 2.10 bits per heavy atom. The summed E-state index contributed by atoms with van der Waals surface area (Å²) in [7, 11) is 1.67. The van der Waals surface area contributed by atoms with Crippen molar-refractivity contribution in [1.29, 1.82) is 0 Å². The summed E-state index contributed by atoms with van der Waals surface area (Å²) in [5, 5.41) is 6.34. The molecule has 0 aliphatic carbocycles. The molecule has 0 saturated carbocycles. The fourth-order valence-electron chi connectivity index (χ4n) is 1.49. The Morgan fingerprint density at radius 1 is 1.38 bits per heavy atom. The number of rotatable bonds is 6. The maximum atomic E-state index is 5.70. The van der Waals surface area contributed by atoms with Crippen LogP contribution >= 0.6 is 24.0 Å². The van der Waals surface area contributed by atoms with Crippen molar-refractivity contribution in [1.82, 2.24) is 15.6 Å². The Hall–Kier alpha value is -0.830. The number of aliphatic imine (C=N–C) groups is 1. The van der Waals surface area contributed by atoms with Crippen molar-refractivity contribution >= 4 is 29.9 Å². The molecule has 1 aromatic heterocycles. The van der Waals surface area contributed by atoms with Crippen molar-refractivity contribution in [2.24, 2.45) is 4.99 Å². The van der Waals surface area contributed by atoms with Crippen LogP contribution in [0.15, 0.2) is 15.6 Å². The van der Waals surface area contributed by atoms with Crippen molar-refractivity contribution < 1.29 is 9.15 Å². The largest absolute Gasteiger partial charge is 0.443 e. The molecule has 0 amide bonds. The van der Waals surface area contributed by atoms with Gasteiger partial charge in [0.25, 0.3) is 0 Å². The van der Waals surface area contributed by atoms with Gasteiger partial charge in [0.05, 0.1) is 12.8 Å². The van der Waals surface area contributed by atoms with Gasteiger partial charge in [0.1, 0.15) is 12.3 Å². The van der Waals surface area contributed by atoms with Gasteiger partial charge in [0.15, 0.2) is 5.96 Å². The molecule has 122 valence electrons. The van der Waals surface area contributed by atoms with Gasteiger partial charge in [-0.15, -0.1) is 24.0 Å². The minimum absolute atomic E-state index is 0.